The fourth-order valence-electron chi connectivity index (χ4n) is 0.833. The van der Waals surface area contributed by atoms with Crippen LogP contribution in [0.15, 0.2) is 29.9 Å². The zero-order valence-electron chi connectivity index (χ0n) is 8.41. The fraction of sp³-hybridized carbons (Fsp3) is 0.125. The van der Waals surface area contributed by atoms with Crippen molar-refractivity contribution in [1.29, 1.82) is 0 Å². The van der Waals surface area contributed by atoms with Crippen LogP contribution in [0.1, 0.15) is 6.92 Å². The highest BCUT2D eigenvalue weighted by atomic mass is 32.2. The summed E-state index contributed by atoms with van der Waals surface area (Å²) in [5.41, 5.74) is 0. The molecule has 1 rings (SSSR count). The lowest BCUT2D eigenvalue weighted by Gasteiger charge is -2.06. The van der Waals surface area contributed by atoms with Gasteiger partial charge in [0.1, 0.15) is 0 Å². The van der Waals surface area contributed by atoms with Gasteiger partial charge in [0.05, 0.1) is 0 Å². The zero-order chi connectivity index (χ0) is 12.0. The molecule has 0 saturated heterocycles. The van der Waals surface area contributed by atoms with E-state index >= 15 is 0 Å². The quantitative estimate of drug-likeness (QED) is 0.773. The van der Waals surface area contributed by atoms with Crippen LogP contribution in [0.4, 0.5) is 5.95 Å². The van der Waals surface area contributed by atoms with E-state index in [9.17, 15) is 8.42 Å². The van der Waals surface area contributed by atoms with Crippen LogP contribution in [0.3, 0.4) is 0 Å². The molecule has 2 N–H and O–H groups in total. The molecule has 0 aromatic carbocycles. The molecule has 16 heavy (non-hydrogen) atoms. The summed E-state index contributed by atoms with van der Waals surface area (Å²) < 4.78 is 24.7. The smallest absolute Gasteiger partial charge is 0.256 e. The lowest BCUT2D eigenvalue weighted by molar-refractivity contribution is 0.601. The van der Waals surface area contributed by atoms with Gasteiger partial charge < -0.3 is 5.32 Å². The van der Waals surface area contributed by atoms with Crippen LogP contribution in [0.2, 0.25) is 0 Å². The van der Waals surface area contributed by atoms with Crippen LogP contribution in [0, 0.1) is 0 Å². The summed E-state index contributed by atoms with van der Waals surface area (Å²) in [6, 6.07) is 1.64. The summed E-state index contributed by atoms with van der Waals surface area (Å²) in [6.45, 7) is 1.59. The van der Waals surface area contributed by atoms with Gasteiger partial charge in [-0.1, -0.05) is 6.08 Å². The van der Waals surface area contributed by atoms with Crippen LogP contribution in [0.25, 0.3) is 0 Å². The minimum absolute atomic E-state index is 0.0794. The van der Waals surface area contributed by atoms with Gasteiger partial charge in [-0.15, -0.1) is 0 Å². The summed E-state index contributed by atoms with van der Waals surface area (Å²) in [5, 5.41) is 3.47. The summed E-state index contributed by atoms with van der Waals surface area (Å²) in [4.78, 5) is 7.66. The van der Waals surface area contributed by atoms with E-state index in [1.165, 1.54) is 18.5 Å². The fourth-order valence-corrected chi connectivity index (χ4v) is 2.01. The van der Waals surface area contributed by atoms with E-state index in [0.717, 1.165) is 5.41 Å². The Labute approximate surface area is 98.9 Å². The van der Waals surface area contributed by atoms with E-state index in [4.69, 9.17) is 12.2 Å². The van der Waals surface area contributed by atoms with Gasteiger partial charge >= 0.3 is 0 Å². The van der Waals surface area contributed by atoms with Crippen molar-refractivity contribution in [2.75, 3.05) is 5.32 Å². The molecule has 0 spiro atoms. The summed E-state index contributed by atoms with van der Waals surface area (Å²) in [5.74, 6) is 0.232. The number of nitrogens with zero attached hydrogens (tertiary/aromatic N) is 2. The van der Waals surface area contributed by atoms with Crippen molar-refractivity contribution in [3.8, 4) is 0 Å². The molecule has 86 valence electrons. The molecule has 6 nitrogen and oxygen atoms in total. The molecule has 0 aliphatic carbocycles. The van der Waals surface area contributed by atoms with Crippen molar-refractivity contribution in [1.82, 2.24) is 14.7 Å². The van der Waals surface area contributed by atoms with Gasteiger partial charge in [-0.25, -0.2) is 18.4 Å². The van der Waals surface area contributed by atoms with Gasteiger partial charge in [0.2, 0.25) is 5.95 Å². The highest BCUT2D eigenvalue weighted by Gasteiger charge is 2.07. The van der Waals surface area contributed by atoms with E-state index in [0.29, 0.717) is 0 Å². The van der Waals surface area contributed by atoms with Gasteiger partial charge in [-0.3, -0.25) is 4.72 Å². The minimum atomic E-state index is -3.54. The van der Waals surface area contributed by atoms with Gasteiger partial charge in [-0.2, -0.15) is 0 Å². The van der Waals surface area contributed by atoms with Crippen molar-refractivity contribution in [2.24, 2.45) is 0 Å². The number of allylic oxidation sites excluding steroid dienone is 1. The molecule has 1 heterocycles. The first kappa shape index (κ1) is 12.5. The Bertz CT molecular complexity index is 484. The predicted molar refractivity (Wildman–Crippen MR) is 65.1 cm³/mol. The number of thiocarbonyl (C=S) groups is 1. The van der Waals surface area contributed by atoms with Crippen molar-refractivity contribution >= 4 is 33.3 Å². The normalized spacial score (nSPS) is 11.3. The van der Waals surface area contributed by atoms with Gasteiger partial charge in [-0.05, 0) is 25.2 Å². The molecular formula is C8H10N4O2S2. The lowest BCUT2D eigenvalue weighted by atomic mass is 10.7. The number of sulfonamides is 1. The van der Waals surface area contributed by atoms with Crippen LogP contribution >= 0.6 is 12.2 Å². The second kappa shape index (κ2) is 5.52. The summed E-state index contributed by atoms with van der Waals surface area (Å²) in [7, 11) is -3.54. The average molecular weight is 258 g/mol. The molecule has 0 saturated carbocycles. The monoisotopic (exact) mass is 258 g/mol. The molecule has 0 amide bonds. The zero-order valence-corrected chi connectivity index (χ0v) is 10.0. The number of hydrogen-bond acceptors (Lipinski definition) is 5. The molecule has 0 unspecified atom stereocenters. The van der Waals surface area contributed by atoms with Crippen molar-refractivity contribution < 1.29 is 8.42 Å². The maximum Gasteiger partial charge on any atom is 0.256 e. The lowest BCUT2D eigenvalue weighted by Crippen LogP contribution is -2.33. The molecule has 0 atom stereocenters. The maximum absolute atomic E-state index is 11.3. The van der Waals surface area contributed by atoms with Crippen LogP contribution in [-0.2, 0) is 10.0 Å². The summed E-state index contributed by atoms with van der Waals surface area (Å²) >= 11 is 4.78. The number of nitrogens with one attached hydrogen (secondary N) is 2. The van der Waals surface area contributed by atoms with Crippen molar-refractivity contribution in [3.05, 3.63) is 29.9 Å². The molecule has 1 aromatic heterocycles. The molecule has 8 heteroatoms. The molecular weight excluding hydrogens is 248 g/mol. The van der Waals surface area contributed by atoms with Gasteiger partial charge in [0.25, 0.3) is 10.0 Å². The first-order valence-corrected chi connectivity index (χ1v) is 6.22. The van der Waals surface area contributed by atoms with Crippen LogP contribution in [0.5, 0.6) is 0 Å². The molecule has 0 bridgehead atoms. The van der Waals surface area contributed by atoms with E-state index in [-0.39, 0.29) is 11.1 Å². The predicted octanol–water partition coefficient (Wildman–Crippen LogP) is 0.626. The van der Waals surface area contributed by atoms with Gasteiger partial charge in [0.15, 0.2) is 5.11 Å². The standard InChI is InChI=1S/C8H10N4O2S2/c1-2-6-16(13,14)12-8(15)11-7-9-4-3-5-10-7/h2-6H,1H3,(H2,9,10,11,12,15). The number of rotatable bonds is 3. The molecule has 0 aliphatic rings. The SMILES string of the molecule is CC=CS(=O)(=O)NC(=S)Nc1ncccn1. The Kier molecular flexibility index (Phi) is 4.32. The number of hydrogen-bond donors (Lipinski definition) is 2. The first-order valence-electron chi connectivity index (χ1n) is 4.27. The molecule has 0 aliphatic heterocycles. The van der Waals surface area contributed by atoms with Crippen LogP contribution < -0.4 is 10.0 Å². The summed E-state index contributed by atoms with van der Waals surface area (Å²) in [6.07, 6.45) is 4.42. The highest BCUT2D eigenvalue weighted by molar-refractivity contribution is 7.94. The van der Waals surface area contributed by atoms with E-state index < -0.39 is 10.0 Å². The Morgan fingerprint density at radius 2 is 2.06 bits per heavy atom. The van der Waals surface area contributed by atoms with Crippen molar-refractivity contribution in [2.45, 2.75) is 6.92 Å². The molecule has 1 aromatic rings. The Morgan fingerprint density at radius 1 is 1.44 bits per heavy atom. The van der Waals surface area contributed by atoms with E-state index in [1.54, 1.807) is 13.0 Å². The maximum atomic E-state index is 11.3. The third-order valence-corrected chi connectivity index (χ3v) is 2.79. The van der Waals surface area contributed by atoms with Crippen LogP contribution in [-0.4, -0.2) is 23.5 Å². The highest BCUT2D eigenvalue weighted by Crippen LogP contribution is 1.95. The third-order valence-electron chi connectivity index (χ3n) is 1.34. The van der Waals surface area contributed by atoms with E-state index in [1.807, 2.05) is 0 Å². The minimum Gasteiger partial charge on any atom is -0.300 e. The second-order valence-electron chi connectivity index (χ2n) is 2.64. The Hall–Kier alpha value is -1.54. The second-order valence-corrected chi connectivity index (χ2v) is 4.62. The topological polar surface area (TPSA) is 84.0 Å². The Balaban J connectivity index is 2.62. The van der Waals surface area contributed by atoms with Crippen molar-refractivity contribution in [3.63, 3.8) is 0 Å². The number of aromatic nitrogens is 2. The molecule has 0 radical (unpaired) electrons. The van der Waals surface area contributed by atoms with Gasteiger partial charge in [0, 0.05) is 17.8 Å². The average Bonchev–Trinajstić information content (AvgIpc) is 2.17. The molecule has 0 fully saturated rings. The third kappa shape index (κ3) is 4.32. The Morgan fingerprint density at radius 3 is 2.62 bits per heavy atom. The first-order chi connectivity index (χ1) is 7.53. The largest absolute Gasteiger partial charge is 0.300 e. The number of anilines is 1. The van der Waals surface area contributed by atoms with E-state index in [2.05, 4.69) is 20.0 Å².